The summed E-state index contributed by atoms with van der Waals surface area (Å²) in [5.74, 6) is 0.584. The molecule has 0 spiro atoms. The van der Waals surface area contributed by atoms with E-state index in [1.54, 1.807) is 13.3 Å². The molecule has 0 N–H and O–H groups in total. The number of pyridine rings is 1. The Hall–Kier alpha value is -2.34. The topological polar surface area (TPSA) is 45.9 Å². The number of nitriles is 1. The van der Waals surface area contributed by atoms with Gasteiger partial charge in [-0.25, -0.2) is 4.98 Å². The normalized spacial score (nSPS) is 10.8. The van der Waals surface area contributed by atoms with Crippen LogP contribution in [-0.2, 0) is 5.41 Å². The Labute approximate surface area is 113 Å². The monoisotopic (exact) mass is 252 g/mol. The van der Waals surface area contributed by atoms with Crippen LogP contribution >= 0.6 is 0 Å². The maximum Gasteiger partial charge on any atom is 0.212 e. The maximum atomic E-state index is 9.32. The maximum absolute atomic E-state index is 9.32. The molecule has 0 aliphatic carbocycles. The molecular formula is C16H16N2O. The van der Waals surface area contributed by atoms with E-state index in [0.29, 0.717) is 5.88 Å². The van der Waals surface area contributed by atoms with Gasteiger partial charge in [0.05, 0.1) is 18.6 Å². The van der Waals surface area contributed by atoms with E-state index in [1.165, 1.54) is 0 Å². The minimum atomic E-state index is -0.531. The van der Waals surface area contributed by atoms with Gasteiger partial charge in [-0.15, -0.1) is 0 Å². The molecule has 0 fully saturated rings. The molecular weight excluding hydrogens is 236 g/mol. The van der Waals surface area contributed by atoms with Gasteiger partial charge in [-0.2, -0.15) is 5.26 Å². The Morgan fingerprint density at radius 1 is 1.16 bits per heavy atom. The van der Waals surface area contributed by atoms with Gasteiger partial charge in [0.2, 0.25) is 5.88 Å². The zero-order valence-corrected chi connectivity index (χ0v) is 11.3. The van der Waals surface area contributed by atoms with Gasteiger partial charge in [-0.1, -0.05) is 24.3 Å². The minimum Gasteiger partial charge on any atom is -0.481 e. The Bertz CT molecular complexity index is 609. The van der Waals surface area contributed by atoms with Crippen LogP contribution < -0.4 is 4.74 Å². The first-order valence-electron chi connectivity index (χ1n) is 6.09. The van der Waals surface area contributed by atoms with Crippen LogP contribution in [0.1, 0.15) is 19.4 Å². The third-order valence-electron chi connectivity index (χ3n) is 3.14. The zero-order valence-electron chi connectivity index (χ0n) is 11.3. The summed E-state index contributed by atoms with van der Waals surface area (Å²) in [6.45, 7) is 3.84. The lowest BCUT2D eigenvalue weighted by Crippen LogP contribution is -2.15. The number of hydrogen-bond donors (Lipinski definition) is 0. The summed E-state index contributed by atoms with van der Waals surface area (Å²) in [7, 11) is 1.59. The number of ether oxygens (including phenoxy) is 1. The highest BCUT2D eigenvalue weighted by molar-refractivity contribution is 5.69. The number of aromatic nitrogens is 1. The molecule has 0 radical (unpaired) electrons. The van der Waals surface area contributed by atoms with Crippen molar-refractivity contribution in [2.45, 2.75) is 19.3 Å². The average molecular weight is 252 g/mol. The van der Waals surface area contributed by atoms with Crippen molar-refractivity contribution in [1.29, 1.82) is 5.26 Å². The quantitative estimate of drug-likeness (QED) is 0.839. The molecule has 3 nitrogen and oxygen atoms in total. The molecule has 2 rings (SSSR count). The summed E-state index contributed by atoms with van der Waals surface area (Å²) in [6.07, 6.45) is 1.77. The highest BCUT2D eigenvalue weighted by Gasteiger charge is 2.23. The second-order valence-electron chi connectivity index (χ2n) is 4.87. The molecule has 2 aromatic rings. The molecule has 0 unspecified atom stereocenters. The molecule has 1 heterocycles. The lowest BCUT2D eigenvalue weighted by molar-refractivity contribution is 0.398. The first-order chi connectivity index (χ1) is 9.08. The van der Waals surface area contributed by atoms with Crippen LogP contribution in [0.3, 0.4) is 0 Å². The average Bonchev–Trinajstić information content (AvgIpc) is 2.47. The summed E-state index contributed by atoms with van der Waals surface area (Å²) < 4.78 is 5.06. The molecule has 0 atom stereocenters. The van der Waals surface area contributed by atoms with Gasteiger partial charge in [-0.3, -0.25) is 0 Å². The first-order valence-corrected chi connectivity index (χ1v) is 6.09. The molecule has 0 aliphatic rings. The van der Waals surface area contributed by atoms with Crippen LogP contribution in [0.5, 0.6) is 5.88 Å². The van der Waals surface area contributed by atoms with Crippen molar-refractivity contribution < 1.29 is 4.74 Å². The van der Waals surface area contributed by atoms with Crippen LogP contribution in [0, 0.1) is 11.3 Å². The highest BCUT2D eigenvalue weighted by Crippen LogP contribution is 2.32. The van der Waals surface area contributed by atoms with Gasteiger partial charge in [0.15, 0.2) is 0 Å². The van der Waals surface area contributed by atoms with Crippen molar-refractivity contribution in [2.24, 2.45) is 0 Å². The fourth-order valence-corrected chi connectivity index (χ4v) is 2.00. The Morgan fingerprint density at radius 3 is 2.47 bits per heavy atom. The molecule has 19 heavy (non-hydrogen) atoms. The van der Waals surface area contributed by atoms with Crippen molar-refractivity contribution in [3.63, 3.8) is 0 Å². The summed E-state index contributed by atoms with van der Waals surface area (Å²) in [5.41, 5.74) is 2.49. The Balaban J connectivity index is 2.53. The summed E-state index contributed by atoms with van der Waals surface area (Å²) in [5, 5.41) is 9.32. The summed E-state index contributed by atoms with van der Waals surface area (Å²) in [4.78, 5) is 4.22. The molecule has 0 saturated heterocycles. The molecule has 3 heteroatoms. The van der Waals surface area contributed by atoms with E-state index in [2.05, 4.69) is 11.1 Å². The SMILES string of the molecule is COc1ccc(-c2ccccc2C(C)(C)C#N)cn1. The van der Waals surface area contributed by atoms with E-state index >= 15 is 0 Å². The first kappa shape index (κ1) is 13.1. The number of nitrogens with zero attached hydrogens (tertiary/aromatic N) is 2. The number of rotatable bonds is 3. The highest BCUT2D eigenvalue weighted by atomic mass is 16.5. The third-order valence-corrected chi connectivity index (χ3v) is 3.14. The smallest absolute Gasteiger partial charge is 0.212 e. The van der Waals surface area contributed by atoms with Crippen LogP contribution in [0.2, 0.25) is 0 Å². The van der Waals surface area contributed by atoms with Gasteiger partial charge < -0.3 is 4.74 Å². The third kappa shape index (κ3) is 2.58. The van der Waals surface area contributed by atoms with E-state index in [0.717, 1.165) is 16.7 Å². The second-order valence-corrected chi connectivity index (χ2v) is 4.87. The van der Waals surface area contributed by atoms with Crippen molar-refractivity contribution in [3.8, 4) is 23.1 Å². The van der Waals surface area contributed by atoms with Crippen molar-refractivity contribution in [3.05, 3.63) is 48.2 Å². The van der Waals surface area contributed by atoms with E-state index in [9.17, 15) is 5.26 Å². The van der Waals surface area contributed by atoms with Crippen LogP contribution in [0.15, 0.2) is 42.6 Å². The second kappa shape index (κ2) is 5.11. The number of hydrogen-bond acceptors (Lipinski definition) is 3. The van der Waals surface area contributed by atoms with Gasteiger partial charge in [-0.05, 0) is 31.0 Å². The fourth-order valence-electron chi connectivity index (χ4n) is 2.00. The molecule has 0 saturated carbocycles. The van der Waals surface area contributed by atoms with Gasteiger partial charge in [0.25, 0.3) is 0 Å². The molecule has 1 aromatic heterocycles. The van der Waals surface area contributed by atoms with Crippen LogP contribution in [-0.4, -0.2) is 12.1 Å². The molecule has 0 aliphatic heterocycles. The van der Waals surface area contributed by atoms with E-state index < -0.39 is 5.41 Å². The molecule has 1 aromatic carbocycles. The molecule has 0 amide bonds. The van der Waals surface area contributed by atoms with Crippen molar-refractivity contribution in [1.82, 2.24) is 4.98 Å². The van der Waals surface area contributed by atoms with Crippen molar-refractivity contribution >= 4 is 0 Å². The summed E-state index contributed by atoms with van der Waals surface area (Å²) >= 11 is 0. The largest absolute Gasteiger partial charge is 0.481 e. The minimum absolute atomic E-state index is 0.531. The molecule has 0 bridgehead atoms. The van der Waals surface area contributed by atoms with E-state index in [-0.39, 0.29) is 0 Å². The number of benzene rings is 1. The standard InChI is InChI=1S/C16H16N2O/c1-16(2,11-17)14-7-5-4-6-13(14)12-8-9-15(19-3)18-10-12/h4-10H,1-3H3. The van der Waals surface area contributed by atoms with Gasteiger partial charge in [0.1, 0.15) is 0 Å². The van der Waals surface area contributed by atoms with Gasteiger partial charge in [0, 0.05) is 17.8 Å². The van der Waals surface area contributed by atoms with Gasteiger partial charge >= 0.3 is 0 Å². The Kier molecular flexibility index (Phi) is 3.52. The molecule has 96 valence electrons. The zero-order chi connectivity index (χ0) is 13.9. The van der Waals surface area contributed by atoms with Crippen LogP contribution in [0.4, 0.5) is 0 Å². The predicted molar refractivity (Wildman–Crippen MR) is 74.9 cm³/mol. The van der Waals surface area contributed by atoms with E-state index in [4.69, 9.17) is 4.74 Å². The number of methoxy groups -OCH3 is 1. The fraction of sp³-hybridized carbons (Fsp3) is 0.250. The summed E-state index contributed by atoms with van der Waals surface area (Å²) in [6, 6.07) is 14.0. The van der Waals surface area contributed by atoms with Crippen molar-refractivity contribution in [2.75, 3.05) is 7.11 Å². The van der Waals surface area contributed by atoms with E-state index in [1.807, 2.05) is 50.2 Å². The lowest BCUT2D eigenvalue weighted by atomic mass is 9.81. The Morgan fingerprint density at radius 2 is 1.89 bits per heavy atom. The lowest BCUT2D eigenvalue weighted by Gasteiger charge is -2.20. The predicted octanol–water partition coefficient (Wildman–Crippen LogP) is 3.56. The van der Waals surface area contributed by atoms with Crippen LogP contribution in [0.25, 0.3) is 11.1 Å².